The lowest BCUT2D eigenvalue weighted by molar-refractivity contribution is 0.198. The number of nitrogens with one attached hydrogen (secondary N) is 2. The third-order valence-electron chi connectivity index (χ3n) is 4.25. The molecule has 5 heteroatoms. The third-order valence-corrected chi connectivity index (χ3v) is 4.25. The highest BCUT2D eigenvalue weighted by Gasteiger charge is 2.10. The number of nitrogens with zero attached hydrogens (tertiary/aromatic N) is 2. The van der Waals surface area contributed by atoms with Crippen molar-refractivity contribution in [3.8, 4) is 11.4 Å². The van der Waals surface area contributed by atoms with E-state index in [9.17, 15) is 0 Å². The second-order valence-corrected chi connectivity index (χ2v) is 6.38. The van der Waals surface area contributed by atoms with Gasteiger partial charge in [-0.3, -0.25) is 0 Å². The molecule has 0 aliphatic carbocycles. The zero-order valence-corrected chi connectivity index (χ0v) is 15.9. The average molecular weight is 362 g/mol. The summed E-state index contributed by atoms with van der Waals surface area (Å²) in [6.45, 7) is 3.65. The summed E-state index contributed by atoms with van der Waals surface area (Å²) in [5.41, 5.74) is 2.21. The van der Waals surface area contributed by atoms with Gasteiger partial charge in [0.15, 0.2) is 5.82 Å². The first-order chi connectivity index (χ1) is 13.3. The van der Waals surface area contributed by atoms with Crippen LogP contribution in [0.15, 0.2) is 66.7 Å². The molecule has 2 aromatic carbocycles. The summed E-state index contributed by atoms with van der Waals surface area (Å²) in [4.78, 5) is 9.40. The maximum atomic E-state index is 5.11. The Bertz CT molecular complexity index is 824. The first-order valence-electron chi connectivity index (χ1n) is 9.25. The van der Waals surface area contributed by atoms with Gasteiger partial charge in [-0.25, -0.2) is 9.97 Å². The van der Waals surface area contributed by atoms with Gasteiger partial charge in [0.25, 0.3) is 0 Å². The molecule has 1 atom stereocenters. The van der Waals surface area contributed by atoms with Crippen LogP contribution in [-0.4, -0.2) is 30.2 Å². The topological polar surface area (TPSA) is 59.1 Å². The predicted octanol–water partition coefficient (Wildman–Crippen LogP) is 4.77. The van der Waals surface area contributed by atoms with E-state index < -0.39 is 0 Å². The molecular weight excluding hydrogens is 336 g/mol. The Labute approximate surface area is 160 Å². The molecule has 3 aromatic rings. The summed E-state index contributed by atoms with van der Waals surface area (Å²) in [5.74, 6) is 2.31. The molecule has 0 aliphatic heterocycles. The van der Waals surface area contributed by atoms with Crippen molar-refractivity contribution in [1.82, 2.24) is 9.97 Å². The molecule has 0 bridgehead atoms. The lowest BCUT2D eigenvalue weighted by Gasteiger charge is -2.17. The highest BCUT2D eigenvalue weighted by atomic mass is 16.5. The Morgan fingerprint density at radius 3 is 2.30 bits per heavy atom. The van der Waals surface area contributed by atoms with Crippen molar-refractivity contribution >= 4 is 11.6 Å². The molecule has 140 valence electrons. The zero-order valence-electron chi connectivity index (χ0n) is 15.9. The molecule has 0 saturated heterocycles. The van der Waals surface area contributed by atoms with Crippen molar-refractivity contribution in [1.29, 1.82) is 0 Å². The lowest BCUT2D eigenvalue weighted by Crippen LogP contribution is -2.11. The molecule has 0 spiro atoms. The third kappa shape index (κ3) is 5.53. The quantitative estimate of drug-likeness (QED) is 0.537. The fourth-order valence-corrected chi connectivity index (χ4v) is 2.81. The van der Waals surface area contributed by atoms with Gasteiger partial charge in [0.05, 0.1) is 0 Å². The monoisotopic (exact) mass is 362 g/mol. The van der Waals surface area contributed by atoms with Crippen molar-refractivity contribution in [2.24, 2.45) is 0 Å². The first-order valence-corrected chi connectivity index (χ1v) is 9.25. The van der Waals surface area contributed by atoms with Crippen LogP contribution in [0.25, 0.3) is 11.4 Å². The van der Waals surface area contributed by atoms with E-state index in [1.807, 2.05) is 54.6 Å². The summed E-state index contributed by atoms with van der Waals surface area (Å²) in [6.07, 6.45) is 0.921. The molecule has 27 heavy (non-hydrogen) atoms. The molecule has 5 nitrogen and oxygen atoms in total. The van der Waals surface area contributed by atoms with Gasteiger partial charge in [-0.05, 0) is 18.9 Å². The van der Waals surface area contributed by atoms with Crippen LogP contribution in [0.3, 0.4) is 0 Å². The van der Waals surface area contributed by atoms with Crippen LogP contribution in [0.2, 0.25) is 0 Å². The first kappa shape index (κ1) is 18.9. The standard InChI is InChI=1S/C22H26N4O/c1-17(18-10-5-3-6-11-18)24-21-16-20(23-14-9-15-27-2)25-22(26-21)19-12-7-4-8-13-19/h3-8,10-13,16-17H,9,14-15H2,1-2H3,(H2,23,24,25,26). The second-order valence-electron chi connectivity index (χ2n) is 6.38. The zero-order chi connectivity index (χ0) is 18.9. The maximum Gasteiger partial charge on any atom is 0.163 e. The number of anilines is 2. The number of benzene rings is 2. The Hall–Kier alpha value is -2.92. The fraction of sp³-hybridized carbons (Fsp3) is 0.273. The molecule has 3 rings (SSSR count). The summed E-state index contributed by atoms with van der Waals surface area (Å²) in [7, 11) is 1.71. The van der Waals surface area contributed by atoms with Gasteiger partial charge >= 0.3 is 0 Å². The molecule has 1 unspecified atom stereocenters. The second kappa shape index (κ2) is 9.69. The van der Waals surface area contributed by atoms with Crippen molar-refractivity contribution in [2.75, 3.05) is 30.9 Å². The van der Waals surface area contributed by atoms with E-state index in [1.54, 1.807) is 7.11 Å². The molecule has 0 amide bonds. The van der Waals surface area contributed by atoms with Gasteiger partial charge in [-0.2, -0.15) is 0 Å². The van der Waals surface area contributed by atoms with Crippen molar-refractivity contribution < 1.29 is 4.74 Å². The number of rotatable bonds is 9. The van der Waals surface area contributed by atoms with Crippen molar-refractivity contribution in [2.45, 2.75) is 19.4 Å². The molecule has 0 radical (unpaired) electrons. The van der Waals surface area contributed by atoms with Gasteiger partial charge in [0.1, 0.15) is 11.6 Å². The number of aromatic nitrogens is 2. The normalized spacial score (nSPS) is 11.8. The Morgan fingerprint density at radius 1 is 0.926 bits per heavy atom. The van der Waals surface area contributed by atoms with E-state index in [-0.39, 0.29) is 6.04 Å². The van der Waals surface area contributed by atoms with Crippen LogP contribution in [-0.2, 0) is 4.74 Å². The largest absolute Gasteiger partial charge is 0.385 e. The minimum absolute atomic E-state index is 0.145. The average Bonchev–Trinajstić information content (AvgIpc) is 2.72. The molecule has 1 aromatic heterocycles. The van der Waals surface area contributed by atoms with Crippen molar-refractivity contribution in [3.63, 3.8) is 0 Å². The molecular formula is C22H26N4O. The van der Waals surface area contributed by atoms with Gasteiger partial charge < -0.3 is 15.4 Å². The van der Waals surface area contributed by atoms with Crippen LogP contribution >= 0.6 is 0 Å². The lowest BCUT2D eigenvalue weighted by atomic mass is 10.1. The van der Waals surface area contributed by atoms with Crippen LogP contribution in [0, 0.1) is 0 Å². The number of methoxy groups -OCH3 is 1. The summed E-state index contributed by atoms with van der Waals surface area (Å²) in [6, 6.07) is 22.5. The van der Waals surface area contributed by atoms with Crippen molar-refractivity contribution in [3.05, 3.63) is 72.3 Å². The van der Waals surface area contributed by atoms with E-state index in [4.69, 9.17) is 9.72 Å². The SMILES string of the molecule is COCCCNc1cc(NC(C)c2ccccc2)nc(-c2ccccc2)n1. The Balaban J connectivity index is 1.83. The number of ether oxygens (including phenoxy) is 1. The minimum Gasteiger partial charge on any atom is -0.385 e. The molecule has 0 fully saturated rings. The maximum absolute atomic E-state index is 5.11. The Kier molecular flexibility index (Phi) is 6.77. The van der Waals surface area contributed by atoms with Gasteiger partial charge in [-0.15, -0.1) is 0 Å². The minimum atomic E-state index is 0.145. The van der Waals surface area contributed by atoms with Gasteiger partial charge in [0.2, 0.25) is 0 Å². The number of hydrogen-bond donors (Lipinski definition) is 2. The van der Waals surface area contributed by atoms with Gasteiger partial charge in [0, 0.05) is 37.9 Å². The fourth-order valence-electron chi connectivity index (χ4n) is 2.81. The smallest absolute Gasteiger partial charge is 0.163 e. The van der Waals surface area contributed by atoms with E-state index >= 15 is 0 Å². The highest BCUT2D eigenvalue weighted by molar-refractivity contribution is 5.61. The van der Waals surface area contributed by atoms with E-state index in [0.717, 1.165) is 36.8 Å². The molecule has 0 saturated carbocycles. The van der Waals surface area contributed by atoms with Crippen LogP contribution in [0.5, 0.6) is 0 Å². The van der Waals surface area contributed by atoms with Gasteiger partial charge in [-0.1, -0.05) is 60.7 Å². The summed E-state index contributed by atoms with van der Waals surface area (Å²) >= 11 is 0. The van der Waals surface area contributed by atoms with E-state index in [2.05, 4.69) is 34.7 Å². The molecule has 2 N–H and O–H groups in total. The van der Waals surface area contributed by atoms with Crippen LogP contribution in [0.4, 0.5) is 11.6 Å². The van der Waals surface area contributed by atoms with Crippen LogP contribution in [0.1, 0.15) is 24.9 Å². The Morgan fingerprint density at radius 2 is 1.59 bits per heavy atom. The summed E-state index contributed by atoms with van der Waals surface area (Å²) in [5, 5.41) is 6.87. The van der Waals surface area contributed by atoms with E-state index in [0.29, 0.717) is 5.82 Å². The molecule has 1 heterocycles. The summed E-state index contributed by atoms with van der Waals surface area (Å²) < 4.78 is 5.11. The molecule has 0 aliphatic rings. The number of hydrogen-bond acceptors (Lipinski definition) is 5. The van der Waals surface area contributed by atoms with E-state index in [1.165, 1.54) is 5.56 Å². The predicted molar refractivity (Wildman–Crippen MR) is 111 cm³/mol. The highest BCUT2D eigenvalue weighted by Crippen LogP contribution is 2.23. The van der Waals surface area contributed by atoms with Crippen LogP contribution < -0.4 is 10.6 Å².